The average Bonchev–Trinajstić information content (AvgIpc) is 2.45. The molecule has 0 radical (unpaired) electrons. The Bertz CT molecular complexity index is 507. The summed E-state index contributed by atoms with van der Waals surface area (Å²) >= 11 is 0. The molecular weight excluding hydrogens is 276 g/mol. The normalized spacial score (nSPS) is 24.4. The third-order valence-corrected chi connectivity index (χ3v) is 4.34. The first-order chi connectivity index (χ1) is 10.3. The summed E-state index contributed by atoms with van der Waals surface area (Å²) < 4.78 is 6.16. The number of hydrogen-bond acceptors (Lipinski definition) is 5. The van der Waals surface area contributed by atoms with E-state index in [2.05, 4.69) is 53.5 Å². The number of piperidine rings is 1. The maximum Gasteiger partial charge on any atom is 0.134 e. The first kappa shape index (κ1) is 15.5. The number of aromatic nitrogens is 2. The van der Waals surface area contributed by atoms with E-state index in [-0.39, 0.29) is 11.2 Å². The SMILES string of the molecule is CC1(C)CN(c2cc(N3CCCCC3)ncn2)CC(C)(C)O1. The zero-order chi connectivity index (χ0) is 15.8. The predicted octanol–water partition coefficient (Wildman–Crippen LogP) is 2.86. The van der Waals surface area contributed by atoms with Gasteiger partial charge in [-0.2, -0.15) is 0 Å². The van der Waals surface area contributed by atoms with Crippen LogP contribution in [0.5, 0.6) is 0 Å². The van der Waals surface area contributed by atoms with Crippen LogP contribution in [-0.4, -0.2) is 47.3 Å². The minimum Gasteiger partial charge on any atom is -0.366 e. The molecule has 0 saturated carbocycles. The molecule has 0 N–H and O–H groups in total. The van der Waals surface area contributed by atoms with Crippen LogP contribution >= 0.6 is 0 Å². The summed E-state index contributed by atoms with van der Waals surface area (Å²) in [6, 6.07) is 2.14. The Balaban J connectivity index is 1.82. The van der Waals surface area contributed by atoms with E-state index in [1.807, 2.05) is 0 Å². The zero-order valence-electron chi connectivity index (χ0n) is 14.3. The molecule has 2 saturated heterocycles. The zero-order valence-corrected chi connectivity index (χ0v) is 14.3. The molecule has 0 spiro atoms. The van der Waals surface area contributed by atoms with Gasteiger partial charge in [0, 0.05) is 32.2 Å². The molecule has 3 rings (SSSR count). The molecule has 2 fully saturated rings. The van der Waals surface area contributed by atoms with Crippen LogP contribution in [-0.2, 0) is 4.74 Å². The smallest absolute Gasteiger partial charge is 0.134 e. The number of nitrogens with zero attached hydrogens (tertiary/aromatic N) is 4. The lowest BCUT2D eigenvalue weighted by atomic mass is 9.99. The predicted molar refractivity (Wildman–Crippen MR) is 89.6 cm³/mol. The molecular formula is C17H28N4O. The third kappa shape index (κ3) is 3.51. The Hall–Kier alpha value is -1.36. The minimum atomic E-state index is -0.169. The highest BCUT2D eigenvalue weighted by atomic mass is 16.5. The van der Waals surface area contributed by atoms with Crippen molar-refractivity contribution in [1.29, 1.82) is 0 Å². The van der Waals surface area contributed by atoms with Gasteiger partial charge in [-0.3, -0.25) is 0 Å². The second-order valence-corrected chi connectivity index (χ2v) is 7.76. The molecule has 0 aliphatic carbocycles. The Morgan fingerprint density at radius 3 is 2.00 bits per heavy atom. The maximum atomic E-state index is 6.16. The van der Waals surface area contributed by atoms with Crippen molar-refractivity contribution >= 4 is 11.6 Å². The van der Waals surface area contributed by atoms with Crippen molar-refractivity contribution in [3.8, 4) is 0 Å². The number of anilines is 2. The van der Waals surface area contributed by atoms with Crippen molar-refractivity contribution in [2.45, 2.75) is 58.2 Å². The van der Waals surface area contributed by atoms with E-state index in [1.165, 1.54) is 19.3 Å². The summed E-state index contributed by atoms with van der Waals surface area (Å²) in [6.45, 7) is 12.5. The molecule has 2 aliphatic rings. The molecule has 0 unspecified atom stereocenters. The fourth-order valence-electron chi connectivity index (χ4n) is 3.76. The van der Waals surface area contributed by atoms with Crippen molar-refractivity contribution in [1.82, 2.24) is 9.97 Å². The van der Waals surface area contributed by atoms with Crippen molar-refractivity contribution < 1.29 is 4.74 Å². The van der Waals surface area contributed by atoms with Crippen LogP contribution in [0.25, 0.3) is 0 Å². The lowest BCUT2D eigenvalue weighted by Gasteiger charge is -2.47. The molecule has 2 aliphatic heterocycles. The van der Waals surface area contributed by atoms with Gasteiger partial charge >= 0.3 is 0 Å². The van der Waals surface area contributed by atoms with Crippen LogP contribution in [0, 0.1) is 0 Å². The fraction of sp³-hybridized carbons (Fsp3) is 0.765. The Morgan fingerprint density at radius 1 is 0.864 bits per heavy atom. The quantitative estimate of drug-likeness (QED) is 0.840. The van der Waals surface area contributed by atoms with Gasteiger partial charge < -0.3 is 14.5 Å². The van der Waals surface area contributed by atoms with Gasteiger partial charge in [0.25, 0.3) is 0 Å². The second-order valence-electron chi connectivity index (χ2n) is 7.76. The minimum absolute atomic E-state index is 0.169. The van der Waals surface area contributed by atoms with E-state index < -0.39 is 0 Å². The van der Waals surface area contributed by atoms with Gasteiger partial charge in [-0.15, -0.1) is 0 Å². The highest BCUT2D eigenvalue weighted by molar-refractivity contribution is 5.51. The van der Waals surface area contributed by atoms with E-state index >= 15 is 0 Å². The fourth-order valence-corrected chi connectivity index (χ4v) is 3.76. The van der Waals surface area contributed by atoms with Crippen LogP contribution < -0.4 is 9.80 Å². The topological polar surface area (TPSA) is 41.5 Å². The van der Waals surface area contributed by atoms with E-state index in [0.29, 0.717) is 0 Å². The molecule has 1 aromatic rings. The number of rotatable bonds is 2. The van der Waals surface area contributed by atoms with E-state index in [0.717, 1.165) is 37.8 Å². The summed E-state index contributed by atoms with van der Waals surface area (Å²) in [6.07, 6.45) is 5.56. The first-order valence-electron chi connectivity index (χ1n) is 8.37. The summed E-state index contributed by atoms with van der Waals surface area (Å²) in [5, 5.41) is 0. The molecule has 0 bridgehead atoms. The van der Waals surface area contributed by atoms with E-state index in [1.54, 1.807) is 6.33 Å². The first-order valence-corrected chi connectivity index (χ1v) is 8.37. The van der Waals surface area contributed by atoms with E-state index in [4.69, 9.17) is 4.74 Å². The average molecular weight is 304 g/mol. The molecule has 0 atom stereocenters. The molecule has 5 heteroatoms. The molecule has 3 heterocycles. The van der Waals surface area contributed by atoms with Gasteiger partial charge in [0.05, 0.1) is 11.2 Å². The van der Waals surface area contributed by atoms with Crippen molar-refractivity contribution in [2.24, 2.45) is 0 Å². The van der Waals surface area contributed by atoms with Crippen molar-refractivity contribution in [3.63, 3.8) is 0 Å². The van der Waals surface area contributed by atoms with Crippen LogP contribution in [0.3, 0.4) is 0 Å². The van der Waals surface area contributed by atoms with E-state index in [9.17, 15) is 0 Å². The van der Waals surface area contributed by atoms with Crippen LogP contribution in [0.15, 0.2) is 12.4 Å². The molecule has 22 heavy (non-hydrogen) atoms. The van der Waals surface area contributed by atoms with Gasteiger partial charge in [0.2, 0.25) is 0 Å². The van der Waals surface area contributed by atoms with Gasteiger partial charge in [0.1, 0.15) is 18.0 Å². The maximum absolute atomic E-state index is 6.16. The highest BCUT2D eigenvalue weighted by Gasteiger charge is 2.38. The van der Waals surface area contributed by atoms with Gasteiger partial charge in [-0.1, -0.05) is 0 Å². The number of ether oxygens (including phenoxy) is 1. The lowest BCUT2D eigenvalue weighted by Crippen LogP contribution is -2.57. The number of hydrogen-bond donors (Lipinski definition) is 0. The molecule has 5 nitrogen and oxygen atoms in total. The number of morpholine rings is 1. The third-order valence-electron chi connectivity index (χ3n) is 4.34. The van der Waals surface area contributed by atoms with Crippen molar-refractivity contribution in [3.05, 3.63) is 12.4 Å². The van der Waals surface area contributed by atoms with Crippen LogP contribution in [0.4, 0.5) is 11.6 Å². The Kier molecular flexibility index (Phi) is 4.02. The van der Waals surface area contributed by atoms with Crippen molar-refractivity contribution in [2.75, 3.05) is 36.0 Å². The van der Waals surface area contributed by atoms with Crippen LogP contribution in [0.2, 0.25) is 0 Å². The van der Waals surface area contributed by atoms with Gasteiger partial charge in [-0.25, -0.2) is 9.97 Å². The summed E-state index contributed by atoms with van der Waals surface area (Å²) in [5.74, 6) is 2.08. The summed E-state index contributed by atoms with van der Waals surface area (Å²) in [5.41, 5.74) is -0.337. The monoisotopic (exact) mass is 304 g/mol. The largest absolute Gasteiger partial charge is 0.366 e. The standard InChI is InChI=1S/C17H28N4O/c1-16(2)11-21(12-17(3,4)22-16)15-10-14(18-13-19-15)20-8-6-5-7-9-20/h10,13H,5-9,11-12H2,1-4H3. The lowest BCUT2D eigenvalue weighted by molar-refractivity contribution is -0.133. The molecule has 0 amide bonds. The summed E-state index contributed by atoms with van der Waals surface area (Å²) in [7, 11) is 0. The Labute approximate surface area is 133 Å². The molecule has 122 valence electrons. The molecule has 1 aromatic heterocycles. The second kappa shape index (κ2) is 5.69. The van der Waals surface area contributed by atoms with Gasteiger partial charge in [-0.05, 0) is 47.0 Å². The van der Waals surface area contributed by atoms with Crippen LogP contribution in [0.1, 0.15) is 47.0 Å². The highest BCUT2D eigenvalue weighted by Crippen LogP contribution is 2.31. The van der Waals surface area contributed by atoms with Gasteiger partial charge in [0.15, 0.2) is 0 Å². The molecule has 0 aromatic carbocycles. The Morgan fingerprint density at radius 2 is 1.41 bits per heavy atom. The summed E-state index contributed by atoms with van der Waals surface area (Å²) in [4.78, 5) is 13.7.